The number of aromatic nitrogens is 4. The van der Waals surface area contributed by atoms with Gasteiger partial charge in [0.25, 0.3) is 0 Å². The number of fused-ring (bicyclic) bond motifs is 1. The highest BCUT2D eigenvalue weighted by Crippen LogP contribution is 2.41. The van der Waals surface area contributed by atoms with E-state index in [2.05, 4.69) is 47.0 Å². The summed E-state index contributed by atoms with van der Waals surface area (Å²) >= 11 is 9.76. The molecule has 3 heterocycles. The molecule has 0 unspecified atom stereocenters. The topological polar surface area (TPSA) is 55.6 Å². The van der Waals surface area contributed by atoms with Crippen LogP contribution in [-0.2, 0) is 0 Å². The fourth-order valence-corrected chi connectivity index (χ4v) is 4.20. The predicted octanol–water partition coefficient (Wildman–Crippen LogP) is 4.61. The standard InChI is InChI=1S/C17H17BrClN5/c1-10-3-2-4-14(23-10)20-7-11-5-12(6-11)24-8-13(18)15-16(19)21-9-22-17(15)24/h2-4,8-9,11-12H,5-7H2,1H3,(H,20,23). The van der Waals surface area contributed by atoms with E-state index in [1.54, 1.807) is 0 Å². The van der Waals surface area contributed by atoms with Gasteiger partial charge >= 0.3 is 0 Å². The fourth-order valence-electron chi connectivity index (χ4n) is 3.27. The van der Waals surface area contributed by atoms with E-state index in [9.17, 15) is 0 Å². The SMILES string of the molecule is Cc1cccc(NCC2CC(n3cc(Br)c4c(Cl)ncnc43)C2)n1. The van der Waals surface area contributed by atoms with Gasteiger partial charge in [-0.3, -0.25) is 0 Å². The first-order valence-electron chi connectivity index (χ1n) is 7.96. The zero-order valence-electron chi connectivity index (χ0n) is 13.2. The molecular weight excluding hydrogens is 390 g/mol. The molecule has 0 aliphatic heterocycles. The van der Waals surface area contributed by atoms with Crippen molar-refractivity contribution in [3.05, 3.63) is 46.0 Å². The number of nitrogens with one attached hydrogen (secondary N) is 1. The van der Waals surface area contributed by atoms with E-state index in [4.69, 9.17) is 11.6 Å². The van der Waals surface area contributed by atoms with E-state index >= 15 is 0 Å². The van der Waals surface area contributed by atoms with Crippen LogP contribution in [0.4, 0.5) is 5.82 Å². The molecule has 3 aromatic rings. The average molecular weight is 407 g/mol. The van der Waals surface area contributed by atoms with Gasteiger partial charge in [0.1, 0.15) is 22.9 Å². The normalized spacial score (nSPS) is 20.1. The van der Waals surface area contributed by atoms with E-state index in [0.717, 1.165) is 46.4 Å². The number of hydrogen-bond donors (Lipinski definition) is 1. The van der Waals surface area contributed by atoms with E-state index < -0.39 is 0 Å². The van der Waals surface area contributed by atoms with Crippen molar-refractivity contribution in [2.45, 2.75) is 25.8 Å². The lowest BCUT2D eigenvalue weighted by atomic mass is 9.80. The third-order valence-electron chi connectivity index (χ3n) is 4.58. The van der Waals surface area contributed by atoms with Crippen LogP contribution in [0.1, 0.15) is 24.6 Å². The molecule has 0 spiro atoms. The zero-order chi connectivity index (χ0) is 16.7. The molecule has 0 amide bonds. The van der Waals surface area contributed by atoms with Crippen LogP contribution in [0.2, 0.25) is 5.15 Å². The van der Waals surface area contributed by atoms with Crippen molar-refractivity contribution in [1.29, 1.82) is 0 Å². The molecule has 0 aromatic carbocycles. The third kappa shape index (κ3) is 2.89. The lowest BCUT2D eigenvalue weighted by Gasteiger charge is -2.36. The second-order valence-electron chi connectivity index (χ2n) is 6.28. The van der Waals surface area contributed by atoms with E-state index in [1.165, 1.54) is 6.33 Å². The number of aryl methyl sites for hydroxylation is 1. The van der Waals surface area contributed by atoms with Gasteiger partial charge in [-0.05, 0) is 53.7 Å². The van der Waals surface area contributed by atoms with Crippen molar-refractivity contribution in [1.82, 2.24) is 19.5 Å². The molecule has 0 radical (unpaired) electrons. The first kappa shape index (κ1) is 15.8. The molecule has 124 valence electrons. The summed E-state index contributed by atoms with van der Waals surface area (Å²) in [5.41, 5.74) is 1.94. The lowest BCUT2D eigenvalue weighted by molar-refractivity contribution is 0.213. The van der Waals surface area contributed by atoms with Crippen LogP contribution in [0.3, 0.4) is 0 Å². The van der Waals surface area contributed by atoms with Crippen molar-refractivity contribution in [2.24, 2.45) is 5.92 Å². The van der Waals surface area contributed by atoms with Crippen LogP contribution in [0.5, 0.6) is 0 Å². The Morgan fingerprint density at radius 2 is 2.17 bits per heavy atom. The van der Waals surface area contributed by atoms with Crippen LogP contribution in [-0.4, -0.2) is 26.1 Å². The van der Waals surface area contributed by atoms with Crippen molar-refractivity contribution in [3.8, 4) is 0 Å². The summed E-state index contributed by atoms with van der Waals surface area (Å²) in [6, 6.07) is 6.51. The van der Waals surface area contributed by atoms with Gasteiger partial charge < -0.3 is 9.88 Å². The maximum Gasteiger partial charge on any atom is 0.146 e. The smallest absolute Gasteiger partial charge is 0.146 e. The van der Waals surface area contributed by atoms with E-state index in [1.807, 2.05) is 25.1 Å². The number of pyridine rings is 1. The van der Waals surface area contributed by atoms with Crippen LogP contribution in [0.25, 0.3) is 11.0 Å². The van der Waals surface area contributed by atoms with Crippen LogP contribution in [0.15, 0.2) is 35.2 Å². The molecule has 1 fully saturated rings. The highest BCUT2D eigenvalue weighted by molar-refractivity contribution is 9.10. The number of rotatable bonds is 4. The molecule has 1 saturated carbocycles. The minimum absolute atomic E-state index is 0.460. The highest BCUT2D eigenvalue weighted by Gasteiger charge is 2.32. The summed E-state index contributed by atoms with van der Waals surface area (Å²) < 4.78 is 3.17. The van der Waals surface area contributed by atoms with Crippen molar-refractivity contribution in [3.63, 3.8) is 0 Å². The molecule has 1 N–H and O–H groups in total. The molecule has 4 rings (SSSR count). The maximum absolute atomic E-state index is 6.19. The first-order chi connectivity index (χ1) is 11.6. The molecular formula is C17H17BrClN5. The van der Waals surface area contributed by atoms with Gasteiger partial charge in [-0.1, -0.05) is 17.7 Å². The summed E-state index contributed by atoms with van der Waals surface area (Å²) in [6.45, 7) is 2.95. The molecule has 3 aromatic heterocycles. The highest BCUT2D eigenvalue weighted by atomic mass is 79.9. The Morgan fingerprint density at radius 3 is 2.96 bits per heavy atom. The number of nitrogens with zero attached hydrogens (tertiary/aromatic N) is 4. The van der Waals surface area contributed by atoms with Crippen LogP contribution < -0.4 is 5.32 Å². The van der Waals surface area contributed by atoms with Gasteiger partial charge in [-0.2, -0.15) is 0 Å². The quantitative estimate of drug-likeness (QED) is 0.643. The minimum atomic E-state index is 0.460. The largest absolute Gasteiger partial charge is 0.370 e. The van der Waals surface area contributed by atoms with Gasteiger partial charge in [0, 0.05) is 29.0 Å². The van der Waals surface area contributed by atoms with E-state index in [-0.39, 0.29) is 0 Å². The van der Waals surface area contributed by atoms with Gasteiger partial charge in [-0.25, -0.2) is 15.0 Å². The Morgan fingerprint density at radius 1 is 1.33 bits per heavy atom. The van der Waals surface area contributed by atoms with Gasteiger partial charge in [0.15, 0.2) is 0 Å². The lowest BCUT2D eigenvalue weighted by Crippen LogP contribution is -2.31. The molecule has 5 nitrogen and oxygen atoms in total. The average Bonchev–Trinajstić information content (AvgIpc) is 2.84. The van der Waals surface area contributed by atoms with Crippen molar-refractivity contribution >= 4 is 44.4 Å². The Bertz CT molecular complexity index is 888. The molecule has 0 saturated heterocycles. The molecule has 0 bridgehead atoms. The Labute approximate surface area is 153 Å². The van der Waals surface area contributed by atoms with Crippen molar-refractivity contribution in [2.75, 3.05) is 11.9 Å². The number of halogens is 2. The number of hydrogen-bond acceptors (Lipinski definition) is 4. The maximum atomic E-state index is 6.19. The molecule has 0 atom stereocenters. The fraction of sp³-hybridized carbons (Fsp3) is 0.353. The Hall–Kier alpha value is -1.66. The predicted molar refractivity (Wildman–Crippen MR) is 99.5 cm³/mol. The Balaban J connectivity index is 1.42. The second kappa shape index (κ2) is 6.33. The first-order valence-corrected chi connectivity index (χ1v) is 9.13. The summed E-state index contributed by atoms with van der Waals surface area (Å²) in [5.74, 6) is 1.60. The van der Waals surface area contributed by atoms with Crippen LogP contribution >= 0.6 is 27.5 Å². The van der Waals surface area contributed by atoms with E-state index in [0.29, 0.717) is 17.1 Å². The molecule has 24 heavy (non-hydrogen) atoms. The molecule has 7 heteroatoms. The summed E-state index contributed by atoms with van der Waals surface area (Å²) in [6.07, 6.45) is 5.84. The van der Waals surface area contributed by atoms with Gasteiger partial charge in [0.2, 0.25) is 0 Å². The summed E-state index contributed by atoms with van der Waals surface area (Å²) in [5, 5.41) is 4.82. The summed E-state index contributed by atoms with van der Waals surface area (Å²) in [7, 11) is 0. The van der Waals surface area contributed by atoms with Gasteiger partial charge in [0.05, 0.1) is 5.39 Å². The van der Waals surface area contributed by atoms with Crippen LogP contribution in [0, 0.1) is 12.8 Å². The minimum Gasteiger partial charge on any atom is -0.370 e. The summed E-state index contributed by atoms with van der Waals surface area (Å²) in [4.78, 5) is 13.0. The van der Waals surface area contributed by atoms with Crippen molar-refractivity contribution < 1.29 is 0 Å². The molecule has 1 aliphatic rings. The zero-order valence-corrected chi connectivity index (χ0v) is 15.5. The monoisotopic (exact) mass is 405 g/mol. The number of anilines is 1. The Kier molecular flexibility index (Phi) is 4.18. The second-order valence-corrected chi connectivity index (χ2v) is 7.50. The third-order valence-corrected chi connectivity index (χ3v) is 5.47. The molecule has 1 aliphatic carbocycles. The van der Waals surface area contributed by atoms with Gasteiger partial charge in [-0.15, -0.1) is 0 Å².